The van der Waals surface area contributed by atoms with Crippen molar-refractivity contribution in [3.63, 3.8) is 0 Å². The number of methoxy groups -OCH3 is 1. The average Bonchev–Trinajstić information content (AvgIpc) is 2.40. The van der Waals surface area contributed by atoms with Gasteiger partial charge in [-0.25, -0.2) is 0 Å². The number of ether oxygens (including phenoxy) is 2. The quantitative estimate of drug-likeness (QED) is 0.782. The van der Waals surface area contributed by atoms with Crippen LogP contribution < -0.4 is 15.2 Å². The predicted molar refractivity (Wildman–Crippen MR) is 87.5 cm³/mol. The molecule has 0 saturated heterocycles. The molecule has 0 fully saturated rings. The lowest BCUT2D eigenvalue weighted by molar-refractivity contribution is 0.412. The van der Waals surface area contributed by atoms with E-state index < -0.39 is 0 Å². The van der Waals surface area contributed by atoms with E-state index in [0.717, 1.165) is 26.0 Å². The molecule has 2 aromatic rings. The van der Waals surface area contributed by atoms with Crippen LogP contribution in [0.5, 0.6) is 17.2 Å². The maximum atomic E-state index is 5.97. The minimum Gasteiger partial charge on any atom is -0.497 e. The second kappa shape index (κ2) is 6.61. The molecule has 0 aliphatic carbocycles. The standard InChI is InChI=1S/C15H15Br2NO2/c1-9(18)12-5-3-10(16)7-15(12)20-14-6-4-11(19-2)8-13(14)17/h3-9H,18H2,1-2H3. The first-order valence-electron chi connectivity index (χ1n) is 6.07. The molecule has 0 aliphatic heterocycles. The summed E-state index contributed by atoms with van der Waals surface area (Å²) in [6.07, 6.45) is 0. The molecule has 0 bridgehead atoms. The molecule has 0 heterocycles. The summed E-state index contributed by atoms with van der Waals surface area (Å²) in [6, 6.07) is 11.3. The van der Waals surface area contributed by atoms with Crippen molar-refractivity contribution in [2.24, 2.45) is 5.73 Å². The molecule has 0 radical (unpaired) electrons. The number of hydrogen-bond acceptors (Lipinski definition) is 3. The number of rotatable bonds is 4. The van der Waals surface area contributed by atoms with Crippen LogP contribution in [0.2, 0.25) is 0 Å². The molecule has 5 heteroatoms. The van der Waals surface area contributed by atoms with Gasteiger partial charge in [-0.2, -0.15) is 0 Å². The first-order chi connectivity index (χ1) is 9.51. The third-order valence-corrected chi connectivity index (χ3v) is 3.94. The number of halogens is 2. The van der Waals surface area contributed by atoms with E-state index in [-0.39, 0.29) is 6.04 Å². The number of hydrogen-bond donors (Lipinski definition) is 1. The molecule has 20 heavy (non-hydrogen) atoms. The molecule has 0 aliphatic rings. The van der Waals surface area contributed by atoms with Crippen LogP contribution in [-0.2, 0) is 0 Å². The van der Waals surface area contributed by atoms with Gasteiger partial charge in [0.25, 0.3) is 0 Å². The highest BCUT2D eigenvalue weighted by molar-refractivity contribution is 9.10. The zero-order valence-electron chi connectivity index (χ0n) is 11.2. The van der Waals surface area contributed by atoms with Gasteiger partial charge in [-0.15, -0.1) is 0 Å². The van der Waals surface area contributed by atoms with E-state index in [4.69, 9.17) is 15.2 Å². The normalized spacial score (nSPS) is 12.1. The van der Waals surface area contributed by atoms with E-state index in [1.165, 1.54) is 0 Å². The lowest BCUT2D eigenvalue weighted by Crippen LogP contribution is -2.06. The Bertz CT molecular complexity index is 615. The molecule has 106 valence electrons. The molecule has 3 nitrogen and oxygen atoms in total. The van der Waals surface area contributed by atoms with Gasteiger partial charge in [0.15, 0.2) is 0 Å². The molecular weight excluding hydrogens is 386 g/mol. The topological polar surface area (TPSA) is 44.5 Å². The van der Waals surface area contributed by atoms with Crippen LogP contribution >= 0.6 is 31.9 Å². The molecular formula is C15H15Br2NO2. The first-order valence-corrected chi connectivity index (χ1v) is 7.66. The Morgan fingerprint density at radius 3 is 2.40 bits per heavy atom. The Balaban J connectivity index is 2.36. The summed E-state index contributed by atoms with van der Waals surface area (Å²) >= 11 is 6.93. The highest BCUT2D eigenvalue weighted by Gasteiger charge is 2.11. The summed E-state index contributed by atoms with van der Waals surface area (Å²) < 4.78 is 12.9. The van der Waals surface area contributed by atoms with Crippen molar-refractivity contribution >= 4 is 31.9 Å². The van der Waals surface area contributed by atoms with Gasteiger partial charge >= 0.3 is 0 Å². The third-order valence-electron chi connectivity index (χ3n) is 2.83. The lowest BCUT2D eigenvalue weighted by Gasteiger charge is -2.15. The van der Waals surface area contributed by atoms with Crippen LogP contribution in [0.25, 0.3) is 0 Å². The highest BCUT2D eigenvalue weighted by atomic mass is 79.9. The van der Waals surface area contributed by atoms with E-state index in [2.05, 4.69) is 31.9 Å². The van der Waals surface area contributed by atoms with E-state index >= 15 is 0 Å². The van der Waals surface area contributed by atoms with Gasteiger partial charge in [0.05, 0.1) is 11.6 Å². The summed E-state index contributed by atoms with van der Waals surface area (Å²) in [5.74, 6) is 2.22. The summed E-state index contributed by atoms with van der Waals surface area (Å²) in [4.78, 5) is 0. The van der Waals surface area contributed by atoms with Crippen LogP contribution in [0.1, 0.15) is 18.5 Å². The van der Waals surface area contributed by atoms with Crippen molar-refractivity contribution in [3.8, 4) is 17.2 Å². The zero-order valence-corrected chi connectivity index (χ0v) is 14.4. The van der Waals surface area contributed by atoms with Crippen LogP contribution in [-0.4, -0.2) is 7.11 Å². The second-order valence-corrected chi connectivity index (χ2v) is 6.14. The Hall–Kier alpha value is -1.04. The first kappa shape index (κ1) is 15.4. The predicted octanol–water partition coefficient (Wildman–Crippen LogP) is 5.03. The van der Waals surface area contributed by atoms with Gasteiger partial charge in [0, 0.05) is 16.1 Å². The molecule has 2 N–H and O–H groups in total. The van der Waals surface area contributed by atoms with Crippen molar-refractivity contribution in [2.45, 2.75) is 13.0 Å². The molecule has 0 amide bonds. The third kappa shape index (κ3) is 3.53. The van der Waals surface area contributed by atoms with Gasteiger partial charge < -0.3 is 15.2 Å². The SMILES string of the molecule is COc1ccc(Oc2cc(Br)ccc2C(C)N)c(Br)c1. The highest BCUT2D eigenvalue weighted by Crippen LogP contribution is 2.36. The fourth-order valence-electron chi connectivity index (χ4n) is 1.78. The van der Waals surface area contributed by atoms with Crippen LogP contribution in [0, 0.1) is 0 Å². The van der Waals surface area contributed by atoms with E-state index in [0.29, 0.717) is 5.75 Å². The van der Waals surface area contributed by atoms with Crippen molar-refractivity contribution in [1.29, 1.82) is 0 Å². The largest absolute Gasteiger partial charge is 0.497 e. The van der Waals surface area contributed by atoms with Crippen molar-refractivity contribution < 1.29 is 9.47 Å². The summed E-state index contributed by atoms with van der Waals surface area (Å²) in [5.41, 5.74) is 6.93. The van der Waals surface area contributed by atoms with Gasteiger partial charge in [0.1, 0.15) is 17.2 Å². The van der Waals surface area contributed by atoms with E-state index in [1.807, 2.05) is 43.3 Å². The molecule has 2 rings (SSSR count). The van der Waals surface area contributed by atoms with Crippen molar-refractivity contribution in [3.05, 3.63) is 50.9 Å². The van der Waals surface area contributed by atoms with Crippen molar-refractivity contribution in [2.75, 3.05) is 7.11 Å². The molecule has 1 unspecified atom stereocenters. The minimum atomic E-state index is -0.102. The summed E-state index contributed by atoms with van der Waals surface area (Å²) in [5, 5.41) is 0. The number of benzene rings is 2. The second-order valence-electron chi connectivity index (χ2n) is 4.37. The monoisotopic (exact) mass is 399 g/mol. The number of nitrogens with two attached hydrogens (primary N) is 1. The molecule has 0 spiro atoms. The van der Waals surface area contributed by atoms with Gasteiger partial charge in [0.2, 0.25) is 0 Å². The van der Waals surface area contributed by atoms with E-state index in [9.17, 15) is 0 Å². The lowest BCUT2D eigenvalue weighted by atomic mass is 10.1. The van der Waals surface area contributed by atoms with Crippen LogP contribution in [0.4, 0.5) is 0 Å². The Morgan fingerprint density at radius 1 is 1.05 bits per heavy atom. The Labute approximate surface area is 135 Å². The van der Waals surface area contributed by atoms with Gasteiger partial charge in [-0.3, -0.25) is 0 Å². The Kier molecular flexibility index (Phi) is 5.07. The van der Waals surface area contributed by atoms with Crippen LogP contribution in [0.15, 0.2) is 45.3 Å². The maximum Gasteiger partial charge on any atom is 0.141 e. The zero-order chi connectivity index (χ0) is 14.7. The van der Waals surface area contributed by atoms with Crippen molar-refractivity contribution in [1.82, 2.24) is 0 Å². The van der Waals surface area contributed by atoms with Gasteiger partial charge in [-0.1, -0.05) is 22.0 Å². The van der Waals surface area contributed by atoms with Gasteiger partial charge in [-0.05, 0) is 53.2 Å². The summed E-state index contributed by atoms with van der Waals surface area (Å²) in [7, 11) is 1.63. The molecule has 1 atom stereocenters. The van der Waals surface area contributed by atoms with E-state index in [1.54, 1.807) is 7.11 Å². The van der Waals surface area contributed by atoms with Crippen LogP contribution in [0.3, 0.4) is 0 Å². The minimum absolute atomic E-state index is 0.102. The molecule has 2 aromatic carbocycles. The summed E-state index contributed by atoms with van der Waals surface area (Å²) in [6.45, 7) is 1.93. The maximum absolute atomic E-state index is 5.97. The fourth-order valence-corrected chi connectivity index (χ4v) is 2.56. The average molecular weight is 401 g/mol. The smallest absolute Gasteiger partial charge is 0.141 e. The Morgan fingerprint density at radius 2 is 1.80 bits per heavy atom. The fraction of sp³-hybridized carbons (Fsp3) is 0.200. The molecule has 0 aromatic heterocycles. The molecule has 0 saturated carbocycles.